The molecule has 1 aliphatic rings. The molecule has 0 aliphatic heterocycles. The Morgan fingerprint density at radius 1 is 1.14 bits per heavy atom. The van der Waals surface area contributed by atoms with E-state index in [0.717, 1.165) is 12.6 Å². The van der Waals surface area contributed by atoms with Gasteiger partial charge in [0.2, 0.25) is 0 Å². The summed E-state index contributed by atoms with van der Waals surface area (Å²) in [7, 11) is 0. The van der Waals surface area contributed by atoms with E-state index in [2.05, 4.69) is 68.2 Å². The average molecular weight is 288 g/mol. The first-order valence-corrected chi connectivity index (χ1v) is 8.73. The number of likely N-dealkylation sites (N-methyl/N-ethyl adjacent to an activating group) is 1. The second-order valence-corrected chi connectivity index (χ2v) is 6.65. The van der Waals surface area contributed by atoms with Gasteiger partial charge in [-0.15, -0.1) is 0 Å². The van der Waals surface area contributed by atoms with Gasteiger partial charge < -0.3 is 5.32 Å². The fraction of sp³-hybridized carbons (Fsp3) is 0.684. The van der Waals surface area contributed by atoms with Gasteiger partial charge in [0.25, 0.3) is 0 Å². The van der Waals surface area contributed by atoms with E-state index in [1.807, 2.05) is 0 Å². The van der Waals surface area contributed by atoms with Crippen LogP contribution in [0.1, 0.15) is 58.6 Å². The third kappa shape index (κ3) is 4.31. The van der Waals surface area contributed by atoms with Crippen molar-refractivity contribution in [3.63, 3.8) is 0 Å². The van der Waals surface area contributed by atoms with Gasteiger partial charge in [0, 0.05) is 18.1 Å². The van der Waals surface area contributed by atoms with Crippen LogP contribution in [-0.2, 0) is 0 Å². The summed E-state index contributed by atoms with van der Waals surface area (Å²) in [6.45, 7) is 11.5. The molecule has 2 heteroatoms. The summed E-state index contributed by atoms with van der Waals surface area (Å²) in [5.74, 6) is 0.654. The third-order valence-corrected chi connectivity index (χ3v) is 4.49. The Morgan fingerprint density at radius 3 is 2.29 bits per heavy atom. The van der Waals surface area contributed by atoms with E-state index in [-0.39, 0.29) is 0 Å². The van der Waals surface area contributed by atoms with Gasteiger partial charge in [-0.2, -0.15) is 0 Å². The molecule has 1 saturated carbocycles. The molecule has 2 nitrogen and oxygen atoms in total. The number of nitrogens with zero attached hydrogens (tertiary/aromatic N) is 1. The highest BCUT2D eigenvalue weighted by Gasteiger charge is 2.38. The van der Waals surface area contributed by atoms with Crippen molar-refractivity contribution in [3.05, 3.63) is 35.9 Å². The summed E-state index contributed by atoms with van der Waals surface area (Å²) in [4.78, 5) is 2.78. The van der Waals surface area contributed by atoms with Crippen LogP contribution in [0.5, 0.6) is 0 Å². The highest BCUT2D eigenvalue weighted by Crippen LogP contribution is 2.35. The lowest BCUT2D eigenvalue weighted by atomic mass is 9.89. The van der Waals surface area contributed by atoms with Crippen LogP contribution in [0.25, 0.3) is 0 Å². The lowest BCUT2D eigenvalue weighted by Crippen LogP contribution is -2.49. The molecule has 1 N–H and O–H groups in total. The van der Waals surface area contributed by atoms with Crippen LogP contribution in [0.15, 0.2) is 30.3 Å². The molecule has 2 rings (SSSR count). The Kier molecular flexibility index (Phi) is 6.25. The first kappa shape index (κ1) is 16.5. The van der Waals surface area contributed by atoms with Crippen LogP contribution in [0, 0.1) is 5.92 Å². The van der Waals surface area contributed by atoms with Gasteiger partial charge in [-0.1, -0.05) is 58.0 Å². The molecule has 0 spiro atoms. The molecular formula is C19H32N2. The summed E-state index contributed by atoms with van der Waals surface area (Å²) in [6.07, 6.45) is 4.01. The van der Waals surface area contributed by atoms with Crippen molar-refractivity contribution in [1.82, 2.24) is 10.2 Å². The Balaban J connectivity index is 2.27. The molecule has 0 radical (unpaired) electrons. The first-order chi connectivity index (χ1) is 10.2. The Bertz CT molecular complexity index is 397. The molecule has 0 amide bonds. The van der Waals surface area contributed by atoms with E-state index in [4.69, 9.17) is 0 Å². The van der Waals surface area contributed by atoms with Crippen LogP contribution in [0.2, 0.25) is 0 Å². The van der Waals surface area contributed by atoms with Gasteiger partial charge >= 0.3 is 0 Å². The highest BCUT2D eigenvalue weighted by atomic mass is 15.2. The van der Waals surface area contributed by atoms with Crippen LogP contribution < -0.4 is 5.32 Å². The van der Waals surface area contributed by atoms with Gasteiger partial charge in [0.15, 0.2) is 0 Å². The lowest BCUT2D eigenvalue weighted by Gasteiger charge is -2.40. The molecule has 0 aromatic heterocycles. The van der Waals surface area contributed by atoms with E-state index in [1.54, 1.807) is 0 Å². The fourth-order valence-electron chi connectivity index (χ4n) is 3.51. The average Bonchev–Trinajstić information content (AvgIpc) is 3.31. The number of rotatable bonds is 9. The lowest BCUT2D eigenvalue weighted by molar-refractivity contribution is 0.109. The van der Waals surface area contributed by atoms with Gasteiger partial charge in [-0.25, -0.2) is 0 Å². The second-order valence-electron chi connectivity index (χ2n) is 6.65. The fourth-order valence-corrected chi connectivity index (χ4v) is 3.51. The van der Waals surface area contributed by atoms with E-state index in [9.17, 15) is 0 Å². The van der Waals surface area contributed by atoms with Gasteiger partial charge in [-0.3, -0.25) is 4.90 Å². The molecule has 0 bridgehead atoms. The maximum atomic E-state index is 3.76. The zero-order valence-corrected chi connectivity index (χ0v) is 14.2. The molecule has 21 heavy (non-hydrogen) atoms. The summed E-state index contributed by atoms with van der Waals surface area (Å²) in [5, 5.41) is 3.76. The summed E-state index contributed by atoms with van der Waals surface area (Å²) in [6, 6.07) is 12.8. The molecular weight excluding hydrogens is 256 g/mol. The Labute approximate surface area is 130 Å². The smallest absolute Gasteiger partial charge is 0.0480 e. The third-order valence-electron chi connectivity index (χ3n) is 4.49. The van der Waals surface area contributed by atoms with E-state index < -0.39 is 0 Å². The maximum absolute atomic E-state index is 3.76. The molecule has 1 aromatic carbocycles. The van der Waals surface area contributed by atoms with Crippen LogP contribution in [0.4, 0.5) is 0 Å². The minimum absolute atomic E-state index is 0.434. The van der Waals surface area contributed by atoms with Crippen molar-refractivity contribution >= 4 is 0 Å². The van der Waals surface area contributed by atoms with E-state index >= 15 is 0 Å². The second kappa shape index (κ2) is 7.95. The summed E-state index contributed by atoms with van der Waals surface area (Å²) < 4.78 is 0. The molecule has 0 heterocycles. The van der Waals surface area contributed by atoms with Crippen molar-refractivity contribution in [2.45, 2.75) is 65.1 Å². The highest BCUT2D eigenvalue weighted by molar-refractivity contribution is 5.21. The quantitative estimate of drug-likeness (QED) is 0.731. The minimum Gasteiger partial charge on any atom is -0.309 e. The number of benzene rings is 1. The first-order valence-electron chi connectivity index (χ1n) is 8.73. The van der Waals surface area contributed by atoms with Crippen LogP contribution in [0.3, 0.4) is 0 Å². The van der Waals surface area contributed by atoms with Crippen molar-refractivity contribution < 1.29 is 0 Å². The zero-order valence-electron chi connectivity index (χ0n) is 14.2. The largest absolute Gasteiger partial charge is 0.309 e. The Morgan fingerprint density at radius 2 is 1.81 bits per heavy atom. The van der Waals surface area contributed by atoms with Gasteiger partial charge in [0.1, 0.15) is 0 Å². The number of hydrogen-bond acceptors (Lipinski definition) is 2. The number of hydrogen-bond donors (Lipinski definition) is 1. The van der Waals surface area contributed by atoms with Crippen molar-refractivity contribution in [1.29, 1.82) is 0 Å². The standard InChI is InChI=1S/C19H32N2/c1-5-14-21(17-12-13-17)19(15(3)4)18(20-6-2)16-10-8-7-9-11-16/h7-11,15,17-20H,5-6,12-14H2,1-4H3. The maximum Gasteiger partial charge on any atom is 0.0480 e. The van der Waals surface area contributed by atoms with Crippen molar-refractivity contribution in [2.75, 3.05) is 13.1 Å². The number of nitrogens with one attached hydrogen (secondary N) is 1. The molecule has 118 valence electrons. The molecule has 2 atom stereocenters. The van der Waals surface area contributed by atoms with Crippen LogP contribution >= 0.6 is 0 Å². The molecule has 1 fully saturated rings. The van der Waals surface area contributed by atoms with Crippen molar-refractivity contribution in [3.8, 4) is 0 Å². The SMILES string of the molecule is CCCN(C1CC1)C(C(C)C)C(NCC)c1ccccc1. The van der Waals surface area contributed by atoms with Gasteiger partial charge in [-0.05, 0) is 43.8 Å². The molecule has 2 unspecified atom stereocenters. The van der Waals surface area contributed by atoms with E-state index in [0.29, 0.717) is 18.0 Å². The van der Waals surface area contributed by atoms with Crippen molar-refractivity contribution in [2.24, 2.45) is 5.92 Å². The van der Waals surface area contributed by atoms with Crippen LogP contribution in [-0.4, -0.2) is 30.1 Å². The molecule has 1 aromatic rings. The summed E-state index contributed by atoms with van der Waals surface area (Å²) in [5.41, 5.74) is 1.43. The normalized spacial score (nSPS) is 18.2. The summed E-state index contributed by atoms with van der Waals surface area (Å²) >= 11 is 0. The molecule has 1 aliphatic carbocycles. The van der Waals surface area contributed by atoms with E-state index in [1.165, 1.54) is 31.4 Å². The predicted molar refractivity (Wildman–Crippen MR) is 91.5 cm³/mol. The monoisotopic (exact) mass is 288 g/mol. The minimum atomic E-state index is 0.434. The topological polar surface area (TPSA) is 15.3 Å². The van der Waals surface area contributed by atoms with Gasteiger partial charge in [0.05, 0.1) is 0 Å². The Hall–Kier alpha value is -0.860. The predicted octanol–water partition coefficient (Wildman–Crippen LogP) is 4.24. The molecule has 0 saturated heterocycles. The zero-order chi connectivity index (χ0) is 15.2.